The molecule has 1 aromatic rings. The van der Waals surface area contributed by atoms with E-state index in [4.69, 9.17) is 15.7 Å². The molecule has 14 heavy (non-hydrogen) atoms. The van der Waals surface area contributed by atoms with Crippen LogP contribution in [0.2, 0.25) is 0 Å². The van der Waals surface area contributed by atoms with Gasteiger partial charge in [-0.05, 0) is 12.1 Å². The highest BCUT2D eigenvalue weighted by Crippen LogP contribution is 2.23. The van der Waals surface area contributed by atoms with Crippen molar-refractivity contribution in [2.45, 2.75) is 6.42 Å². The van der Waals surface area contributed by atoms with Gasteiger partial charge in [0.2, 0.25) is 0 Å². The number of hydrogen-bond acceptors (Lipinski definition) is 3. The molecule has 0 atom stereocenters. The first kappa shape index (κ1) is 11.0. The summed E-state index contributed by atoms with van der Waals surface area (Å²) in [4.78, 5) is 0. The maximum atomic E-state index is 8.60. The molecule has 1 rings (SSSR count). The summed E-state index contributed by atoms with van der Waals surface area (Å²) in [7, 11) is 0. The average Bonchev–Trinajstić information content (AvgIpc) is 2.18. The van der Waals surface area contributed by atoms with Crippen LogP contribution in [0.25, 0.3) is 0 Å². The van der Waals surface area contributed by atoms with Crippen LogP contribution in [0.3, 0.4) is 0 Å². The minimum Gasteiger partial charge on any atom is -0.492 e. The molecular formula is C10H11BrN2O. The molecule has 0 aliphatic rings. The predicted octanol–water partition coefficient (Wildman–Crippen LogP) is 1.85. The third kappa shape index (κ3) is 3.02. The van der Waals surface area contributed by atoms with Crippen molar-refractivity contribution in [3.8, 4) is 11.8 Å². The highest BCUT2D eigenvalue weighted by Gasteiger charge is 2.03. The lowest BCUT2D eigenvalue weighted by Crippen LogP contribution is -2.11. The SMILES string of the molecule is N#CCc1ccc(Br)cc1OCCN. The van der Waals surface area contributed by atoms with E-state index >= 15 is 0 Å². The molecule has 0 unspecified atom stereocenters. The highest BCUT2D eigenvalue weighted by molar-refractivity contribution is 9.10. The van der Waals surface area contributed by atoms with Crippen LogP contribution in [0, 0.1) is 11.3 Å². The molecule has 0 heterocycles. The van der Waals surface area contributed by atoms with Gasteiger partial charge in [0.25, 0.3) is 0 Å². The van der Waals surface area contributed by atoms with Crippen molar-refractivity contribution >= 4 is 15.9 Å². The van der Waals surface area contributed by atoms with Crippen molar-refractivity contribution in [2.24, 2.45) is 5.73 Å². The third-order valence-corrected chi connectivity index (χ3v) is 2.17. The fourth-order valence-corrected chi connectivity index (χ4v) is 1.40. The molecule has 0 saturated carbocycles. The largest absolute Gasteiger partial charge is 0.492 e. The van der Waals surface area contributed by atoms with Gasteiger partial charge in [-0.15, -0.1) is 0 Å². The van der Waals surface area contributed by atoms with Gasteiger partial charge in [0, 0.05) is 16.6 Å². The molecule has 0 saturated heterocycles. The third-order valence-electron chi connectivity index (χ3n) is 1.67. The molecule has 0 spiro atoms. The molecule has 0 bridgehead atoms. The Labute approximate surface area is 91.6 Å². The molecular weight excluding hydrogens is 244 g/mol. The van der Waals surface area contributed by atoms with Gasteiger partial charge < -0.3 is 10.5 Å². The summed E-state index contributed by atoms with van der Waals surface area (Å²) in [6, 6.07) is 7.71. The summed E-state index contributed by atoms with van der Waals surface area (Å²) in [6.07, 6.45) is 0.354. The quantitative estimate of drug-likeness (QED) is 0.893. The normalized spacial score (nSPS) is 9.50. The van der Waals surface area contributed by atoms with Crippen molar-refractivity contribution < 1.29 is 4.74 Å². The zero-order chi connectivity index (χ0) is 10.4. The molecule has 0 radical (unpaired) electrons. The molecule has 3 nitrogen and oxygen atoms in total. The van der Waals surface area contributed by atoms with Gasteiger partial charge in [0.1, 0.15) is 12.4 Å². The fourth-order valence-electron chi connectivity index (χ4n) is 1.06. The molecule has 1 aromatic carbocycles. The Morgan fingerprint density at radius 2 is 2.29 bits per heavy atom. The van der Waals surface area contributed by atoms with E-state index in [0.29, 0.717) is 19.6 Å². The second-order valence-electron chi connectivity index (χ2n) is 2.72. The Morgan fingerprint density at radius 3 is 2.93 bits per heavy atom. The molecule has 74 valence electrons. The maximum Gasteiger partial charge on any atom is 0.124 e. The first-order chi connectivity index (χ1) is 6.77. The van der Waals surface area contributed by atoms with E-state index in [-0.39, 0.29) is 0 Å². The van der Waals surface area contributed by atoms with E-state index in [1.807, 2.05) is 18.2 Å². The Hall–Kier alpha value is -1.05. The number of nitrogens with zero attached hydrogens (tertiary/aromatic N) is 1. The van der Waals surface area contributed by atoms with Gasteiger partial charge >= 0.3 is 0 Å². The van der Waals surface area contributed by atoms with E-state index < -0.39 is 0 Å². The van der Waals surface area contributed by atoms with E-state index in [9.17, 15) is 0 Å². The summed E-state index contributed by atoms with van der Waals surface area (Å²) in [5, 5.41) is 8.60. The molecule has 0 aliphatic heterocycles. The zero-order valence-electron chi connectivity index (χ0n) is 7.66. The lowest BCUT2D eigenvalue weighted by molar-refractivity contribution is 0.325. The number of nitriles is 1. The standard InChI is InChI=1S/C10H11BrN2O/c11-9-2-1-8(3-4-12)10(7-9)14-6-5-13/h1-2,7H,3,5-6,13H2. The van der Waals surface area contributed by atoms with Gasteiger partial charge in [-0.3, -0.25) is 0 Å². The van der Waals surface area contributed by atoms with Crippen LogP contribution in [0.1, 0.15) is 5.56 Å². The minimum atomic E-state index is 0.354. The van der Waals surface area contributed by atoms with Crippen molar-refractivity contribution in [3.63, 3.8) is 0 Å². The van der Waals surface area contributed by atoms with E-state index in [2.05, 4.69) is 22.0 Å². The number of benzene rings is 1. The Balaban J connectivity index is 2.86. The van der Waals surface area contributed by atoms with Crippen LogP contribution < -0.4 is 10.5 Å². The Morgan fingerprint density at radius 1 is 1.50 bits per heavy atom. The lowest BCUT2D eigenvalue weighted by Gasteiger charge is -2.08. The summed E-state index contributed by atoms with van der Waals surface area (Å²) in [5.74, 6) is 0.728. The maximum absolute atomic E-state index is 8.60. The van der Waals surface area contributed by atoms with Gasteiger partial charge in [-0.2, -0.15) is 5.26 Å². The van der Waals surface area contributed by atoms with Crippen molar-refractivity contribution in [1.82, 2.24) is 0 Å². The summed E-state index contributed by atoms with van der Waals surface area (Å²) >= 11 is 3.35. The number of ether oxygens (including phenoxy) is 1. The fraction of sp³-hybridized carbons (Fsp3) is 0.300. The molecule has 0 fully saturated rings. The zero-order valence-corrected chi connectivity index (χ0v) is 9.25. The summed E-state index contributed by atoms with van der Waals surface area (Å²) < 4.78 is 6.35. The number of rotatable bonds is 4. The second-order valence-corrected chi connectivity index (χ2v) is 3.64. The van der Waals surface area contributed by atoms with Crippen molar-refractivity contribution in [1.29, 1.82) is 5.26 Å². The van der Waals surface area contributed by atoms with Gasteiger partial charge in [-0.25, -0.2) is 0 Å². The van der Waals surface area contributed by atoms with E-state index in [1.54, 1.807) is 0 Å². The smallest absolute Gasteiger partial charge is 0.124 e. The lowest BCUT2D eigenvalue weighted by atomic mass is 10.1. The average molecular weight is 255 g/mol. The van der Waals surface area contributed by atoms with Crippen LogP contribution in [0.4, 0.5) is 0 Å². The summed E-state index contributed by atoms with van der Waals surface area (Å²) in [5.41, 5.74) is 6.23. The molecule has 0 aromatic heterocycles. The number of halogens is 1. The van der Waals surface area contributed by atoms with Crippen LogP contribution in [0.5, 0.6) is 5.75 Å². The van der Waals surface area contributed by atoms with Gasteiger partial charge in [-0.1, -0.05) is 22.0 Å². The van der Waals surface area contributed by atoms with Crippen LogP contribution in [0.15, 0.2) is 22.7 Å². The molecule has 4 heteroatoms. The molecule has 0 amide bonds. The van der Waals surface area contributed by atoms with E-state index in [0.717, 1.165) is 15.8 Å². The second kappa shape index (κ2) is 5.63. The van der Waals surface area contributed by atoms with Crippen LogP contribution in [-0.2, 0) is 6.42 Å². The minimum absolute atomic E-state index is 0.354. The monoisotopic (exact) mass is 254 g/mol. The number of hydrogen-bond donors (Lipinski definition) is 1. The Bertz CT molecular complexity index is 346. The first-order valence-corrected chi connectivity index (χ1v) is 5.05. The Kier molecular flexibility index (Phi) is 4.44. The van der Waals surface area contributed by atoms with E-state index in [1.165, 1.54) is 0 Å². The van der Waals surface area contributed by atoms with Gasteiger partial charge in [0.05, 0.1) is 12.5 Å². The topological polar surface area (TPSA) is 59.0 Å². The first-order valence-electron chi connectivity index (χ1n) is 4.26. The number of nitrogens with two attached hydrogens (primary N) is 1. The van der Waals surface area contributed by atoms with Crippen molar-refractivity contribution in [3.05, 3.63) is 28.2 Å². The van der Waals surface area contributed by atoms with Crippen LogP contribution in [-0.4, -0.2) is 13.2 Å². The highest BCUT2D eigenvalue weighted by atomic mass is 79.9. The van der Waals surface area contributed by atoms with Crippen LogP contribution >= 0.6 is 15.9 Å². The van der Waals surface area contributed by atoms with Gasteiger partial charge in [0.15, 0.2) is 0 Å². The molecule has 2 N–H and O–H groups in total. The predicted molar refractivity (Wildman–Crippen MR) is 58.0 cm³/mol. The van der Waals surface area contributed by atoms with Crippen molar-refractivity contribution in [2.75, 3.05) is 13.2 Å². The molecule has 0 aliphatic carbocycles. The summed E-state index contributed by atoms with van der Waals surface area (Å²) in [6.45, 7) is 0.938.